The molecule has 2 saturated heterocycles. The summed E-state index contributed by atoms with van der Waals surface area (Å²) in [4.78, 5) is 30.6. The van der Waals surface area contributed by atoms with Crippen molar-refractivity contribution < 1.29 is 19.1 Å². The number of nitrogens with zero attached hydrogens (tertiary/aromatic N) is 2. The smallest absolute Gasteiger partial charge is 0.410 e. The minimum Gasteiger partial charge on any atom is -0.448 e. The zero-order valence-electron chi connectivity index (χ0n) is 21.3. The first-order chi connectivity index (χ1) is 18.0. The van der Waals surface area contributed by atoms with Crippen molar-refractivity contribution in [3.05, 3.63) is 89.5 Å². The average molecular weight is 497 g/mol. The van der Waals surface area contributed by atoms with E-state index < -0.39 is 0 Å². The minimum absolute atomic E-state index is 0.0247. The third-order valence-corrected chi connectivity index (χ3v) is 8.11. The summed E-state index contributed by atoms with van der Waals surface area (Å²) in [5.41, 5.74) is 6.61. The second-order valence-corrected chi connectivity index (χ2v) is 10.5. The zero-order chi connectivity index (χ0) is 25.5. The molecule has 6 heteroatoms. The number of ketones is 1. The van der Waals surface area contributed by atoms with Gasteiger partial charge in [-0.05, 0) is 59.4 Å². The monoisotopic (exact) mass is 496 g/mol. The third-order valence-electron chi connectivity index (χ3n) is 8.11. The summed E-state index contributed by atoms with van der Waals surface area (Å²) in [7, 11) is 3.97. The summed E-state index contributed by atoms with van der Waals surface area (Å²) in [6, 6.07) is 24.1. The molecule has 2 bridgehead atoms. The molecule has 3 aromatic carbocycles. The Labute approximate surface area is 217 Å². The molecule has 2 unspecified atom stereocenters. The molecule has 0 spiro atoms. The van der Waals surface area contributed by atoms with Crippen molar-refractivity contribution in [2.45, 2.75) is 30.8 Å². The van der Waals surface area contributed by atoms with Crippen LogP contribution < -0.4 is 4.90 Å². The van der Waals surface area contributed by atoms with Gasteiger partial charge in [0.05, 0.1) is 25.3 Å². The molecule has 3 aliphatic rings. The highest BCUT2D eigenvalue weighted by molar-refractivity contribution is 5.98. The van der Waals surface area contributed by atoms with Gasteiger partial charge >= 0.3 is 6.09 Å². The molecule has 0 radical (unpaired) electrons. The second kappa shape index (κ2) is 9.67. The molecule has 190 valence electrons. The van der Waals surface area contributed by atoms with Gasteiger partial charge in [-0.1, -0.05) is 48.5 Å². The maximum Gasteiger partial charge on any atom is 0.410 e. The lowest BCUT2D eigenvalue weighted by Gasteiger charge is -2.47. The highest BCUT2D eigenvalue weighted by atomic mass is 16.6. The standard InChI is InChI=1S/C31H32N2O4/c1-32(2)22-13-11-20(12-14-22)30(34)21-15-23-17-36-18-24(16-21)33(23)31(35)37-19-29-27-9-5-3-7-25(27)26-8-4-6-10-28(26)29/h3-14,21,23-24,29H,15-19H2,1-2H3. The summed E-state index contributed by atoms with van der Waals surface area (Å²) < 4.78 is 11.8. The quantitative estimate of drug-likeness (QED) is 0.445. The van der Waals surface area contributed by atoms with E-state index in [1.165, 1.54) is 22.3 Å². The Morgan fingerprint density at radius 3 is 2.00 bits per heavy atom. The largest absolute Gasteiger partial charge is 0.448 e. The fourth-order valence-electron chi connectivity index (χ4n) is 6.26. The molecule has 0 aromatic heterocycles. The van der Waals surface area contributed by atoms with Crippen LogP contribution in [0.3, 0.4) is 0 Å². The first-order valence-electron chi connectivity index (χ1n) is 13.0. The normalized spacial score (nSPS) is 22.2. The number of anilines is 1. The minimum atomic E-state index is -0.304. The van der Waals surface area contributed by atoms with E-state index in [9.17, 15) is 9.59 Å². The van der Waals surface area contributed by atoms with Gasteiger partial charge in [-0.15, -0.1) is 0 Å². The molecule has 2 fully saturated rings. The molecule has 1 aliphatic carbocycles. The number of rotatable bonds is 5. The summed E-state index contributed by atoms with van der Waals surface area (Å²) in [6.45, 7) is 1.17. The molecule has 3 aromatic rings. The van der Waals surface area contributed by atoms with Crippen molar-refractivity contribution in [1.82, 2.24) is 4.90 Å². The second-order valence-electron chi connectivity index (χ2n) is 10.5. The van der Waals surface area contributed by atoms with Crippen LogP contribution in [0.5, 0.6) is 0 Å². The van der Waals surface area contributed by atoms with Gasteiger partial charge in [0, 0.05) is 37.2 Å². The molecule has 6 rings (SSSR count). The highest BCUT2D eigenvalue weighted by Crippen LogP contribution is 2.44. The van der Waals surface area contributed by atoms with E-state index in [0.717, 1.165) is 11.3 Å². The maximum atomic E-state index is 13.4. The van der Waals surface area contributed by atoms with Gasteiger partial charge in [0.25, 0.3) is 0 Å². The van der Waals surface area contributed by atoms with Gasteiger partial charge in [0.2, 0.25) is 0 Å². The number of piperidine rings is 1. The molecule has 2 heterocycles. The van der Waals surface area contributed by atoms with Crippen LogP contribution >= 0.6 is 0 Å². The highest BCUT2D eigenvalue weighted by Gasteiger charge is 2.45. The fraction of sp³-hybridized carbons (Fsp3) is 0.355. The van der Waals surface area contributed by atoms with Crippen LogP contribution in [0.1, 0.15) is 40.2 Å². The number of Topliss-reactive ketones (excluding diaryl/α,β-unsaturated/α-hetero) is 1. The first-order valence-corrected chi connectivity index (χ1v) is 13.0. The molecule has 0 saturated carbocycles. The molecule has 0 N–H and O–H groups in total. The Morgan fingerprint density at radius 1 is 0.865 bits per heavy atom. The zero-order valence-corrected chi connectivity index (χ0v) is 21.3. The van der Waals surface area contributed by atoms with E-state index >= 15 is 0 Å². The Bertz CT molecular complexity index is 1260. The van der Waals surface area contributed by atoms with Crippen LogP contribution in [0.2, 0.25) is 0 Å². The van der Waals surface area contributed by atoms with Gasteiger partial charge < -0.3 is 14.4 Å². The number of hydrogen-bond donors (Lipinski definition) is 0. The molecule has 37 heavy (non-hydrogen) atoms. The fourth-order valence-corrected chi connectivity index (χ4v) is 6.26. The van der Waals surface area contributed by atoms with Crippen LogP contribution in [0.25, 0.3) is 11.1 Å². The van der Waals surface area contributed by atoms with E-state index in [1.807, 2.05) is 72.4 Å². The summed E-state index contributed by atoms with van der Waals surface area (Å²) in [6.07, 6.45) is 0.880. The SMILES string of the molecule is CN(C)c1ccc(C(=O)C2CC3COCC(C2)N3C(=O)OCC2c3ccccc3-c3ccccc32)cc1. The lowest BCUT2D eigenvalue weighted by Crippen LogP contribution is -2.60. The van der Waals surface area contributed by atoms with Crippen LogP contribution in [0, 0.1) is 5.92 Å². The number of morpholine rings is 1. The van der Waals surface area contributed by atoms with E-state index in [1.54, 1.807) is 0 Å². The number of fused-ring (bicyclic) bond motifs is 5. The van der Waals surface area contributed by atoms with Gasteiger partial charge in [-0.2, -0.15) is 0 Å². The Morgan fingerprint density at radius 2 is 1.43 bits per heavy atom. The lowest BCUT2D eigenvalue weighted by atomic mass is 9.81. The van der Waals surface area contributed by atoms with Gasteiger partial charge in [-0.3, -0.25) is 9.69 Å². The average Bonchev–Trinajstić information content (AvgIpc) is 3.24. The maximum absolute atomic E-state index is 13.4. The predicted octanol–water partition coefficient (Wildman–Crippen LogP) is 5.36. The number of hydrogen-bond acceptors (Lipinski definition) is 5. The number of benzene rings is 3. The van der Waals surface area contributed by atoms with Crippen LogP contribution in [-0.4, -0.2) is 62.8 Å². The molecular formula is C31H32N2O4. The first kappa shape index (κ1) is 23.7. The van der Waals surface area contributed by atoms with Crippen molar-refractivity contribution in [3.63, 3.8) is 0 Å². The molecule has 1 amide bonds. The number of amides is 1. The number of carbonyl (C=O) groups excluding carboxylic acids is 2. The van der Waals surface area contributed by atoms with Crippen molar-refractivity contribution in [3.8, 4) is 11.1 Å². The Hall–Kier alpha value is -3.64. The number of carbonyl (C=O) groups is 2. The van der Waals surface area contributed by atoms with Crippen molar-refractivity contribution >= 4 is 17.6 Å². The third kappa shape index (κ3) is 4.29. The Kier molecular flexibility index (Phi) is 6.21. The molecule has 2 aliphatic heterocycles. The molecular weight excluding hydrogens is 464 g/mol. The predicted molar refractivity (Wildman–Crippen MR) is 143 cm³/mol. The van der Waals surface area contributed by atoms with E-state index in [-0.39, 0.29) is 35.8 Å². The molecule has 2 atom stereocenters. The Balaban J connectivity index is 1.14. The topological polar surface area (TPSA) is 59.1 Å². The van der Waals surface area contributed by atoms with Crippen molar-refractivity contribution in [2.24, 2.45) is 5.92 Å². The van der Waals surface area contributed by atoms with Gasteiger partial charge in [0.1, 0.15) is 6.61 Å². The summed E-state index contributed by atoms with van der Waals surface area (Å²) in [5.74, 6) is 0.0489. The van der Waals surface area contributed by atoms with Gasteiger partial charge in [0.15, 0.2) is 5.78 Å². The van der Waals surface area contributed by atoms with Crippen LogP contribution in [0.15, 0.2) is 72.8 Å². The van der Waals surface area contributed by atoms with Gasteiger partial charge in [-0.25, -0.2) is 4.79 Å². The van der Waals surface area contributed by atoms with Crippen molar-refractivity contribution in [1.29, 1.82) is 0 Å². The van der Waals surface area contributed by atoms with Crippen LogP contribution in [0.4, 0.5) is 10.5 Å². The van der Waals surface area contributed by atoms with E-state index in [2.05, 4.69) is 24.3 Å². The summed E-state index contributed by atoms with van der Waals surface area (Å²) >= 11 is 0. The van der Waals surface area contributed by atoms with Crippen molar-refractivity contribution in [2.75, 3.05) is 38.8 Å². The van der Waals surface area contributed by atoms with Crippen LogP contribution in [-0.2, 0) is 9.47 Å². The van der Waals surface area contributed by atoms with E-state index in [4.69, 9.17) is 9.47 Å². The van der Waals surface area contributed by atoms with E-state index in [0.29, 0.717) is 32.7 Å². The lowest BCUT2D eigenvalue weighted by molar-refractivity contribution is -0.0747. The summed E-state index contributed by atoms with van der Waals surface area (Å²) in [5, 5.41) is 0. The number of ether oxygens (including phenoxy) is 2. The molecule has 6 nitrogen and oxygen atoms in total.